The van der Waals surface area contributed by atoms with E-state index in [9.17, 15) is 9.18 Å². The van der Waals surface area contributed by atoms with Gasteiger partial charge in [0, 0.05) is 30.9 Å². The van der Waals surface area contributed by atoms with Crippen LogP contribution in [-0.4, -0.2) is 15.5 Å². The summed E-state index contributed by atoms with van der Waals surface area (Å²) in [4.78, 5) is 16.1. The minimum Gasteiger partial charge on any atom is -0.461 e. The second kappa shape index (κ2) is 7.46. The Morgan fingerprint density at radius 2 is 2.21 bits per heavy atom. The van der Waals surface area contributed by atoms with Crippen molar-refractivity contribution in [2.24, 2.45) is 5.92 Å². The number of furan rings is 1. The normalized spacial score (nSPS) is 18.5. The third-order valence-electron chi connectivity index (χ3n) is 5.09. The summed E-state index contributed by atoms with van der Waals surface area (Å²) >= 11 is 0. The fourth-order valence-electron chi connectivity index (χ4n) is 3.27. The quantitative estimate of drug-likeness (QED) is 0.647. The largest absolute Gasteiger partial charge is 0.461 e. The molecule has 2 atom stereocenters. The summed E-state index contributed by atoms with van der Waals surface area (Å²) < 4.78 is 21.8. The fraction of sp³-hybridized carbons (Fsp3) is 0.273. The number of aryl methyl sites for hydroxylation is 1. The van der Waals surface area contributed by atoms with Gasteiger partial charge in [-0.15, -0.1) is 0 Å². The minimum absolute atomic E-state index is 0.242. The van der Waals surface area contributed by atoms with E-state index in [-0.39, 0.29) is 18.3 Å². The van der Waals surface area contributed by atoms with Crippen molar-refractivity contribution in [1.29, 1.82) is 0 Å². The zero-order valence-electron chi connectivity index (χ0n) is 15.9. The lowest BCUT2D eigenvalue weighted by Gasteiger charge is -2.09. The fourth-order valence-corrected chi connectivity index (χ4v) is 3.27. The molecule has 1 N–H and O–H groups in total. The molecule has 3 aromatic rings. The molecule has 1 aliphatic carbocycles. The van der Waals surface area contributed by atoms with Gasteiger partial charge in [0.05, 0.1) is 5.69 Å². The maximum atomic E-state index is 14.4. The Bertz CT molecular complexity index is 1030. The number of nitrogens with zero attached hydrogens (tertiary/aromatic N) is 2. The Balaban J connectivity index is 1.34. The molecule has 144 valence electrons. The van der Waals surface area contributed by atoms with E-state index in [1.165, 1.54) is 12.1 Å². The Labute approximate surface area is 162 Å². The summed E-state index contributed by atoms with van der Waals surface area (Å²) in [7, 11) is 0. The van der Waals surface area contributed by atoms with Gasteiger partial charge in [0.25, 0.3) is 0 Å². The van der Waals surface area contributed by atoms with Crippen LogP contribution in [0.25, 0.3) is 11.8 Å². The molecule has 1 aromatic carbocycles. The van der Waals surface area contributed by atoms with E-state index in [1.807, 2.05) is 19.1 Å². The van der Waals surface area contributed by atoms with Crippen LogP contribution in [0.4, 0.5) is 4.39 Å². The molecule has 2 unspecified atom stereocenters. The number of rotatable bonds is 6. The predicted molar refractivity (Wildman–Crippen MR) is 104 cm³/mol. The van der Waals surface area contributed by atoms with Crippen LogP contribution in [0.2, 0.25) is 0 Å². The topological polar surface area (TPSA) is 60.1 Å². The second-order valence-corrected chi connectivity index (χ2v) is 7.24. The molecule has 28 heavy (non-hydrogen) atoms. The van der Waals surface area contributed by atoms with Crippen molar-refractivity contribution < 1.29 is 13.6 Å². The highest BCUT2D eigenvalue weighted by atomic mass is 19.1. The molecule has 4 rings (SSSR count). The van der Waals surface area contributed by atoms with Crippen molar-refractivity contribution in [3.63, 3.8) is 0 Å². The first-order valence-corrected chi connectivity index (χ1v) is 9.35. The maximum Gasteiger partial charge on any atom is 0.244 e. The number of carbonyl (C=O) groups excluding carboxylic acids is 1. The number of amides is 1. The predicted octanol–water partition coefficient (Wildman–Crippen LogP) is 4.37. The number of imidazole rings is 1. The van der Waals surface area contributed by atoms with Gasteiger partial charge in [-0.2, -0.15) is 0 Å². The van der Waals surface area contributed by atoms with Crippen LogP contribution in [0.1, 0.15) is 42.2 Å². The molecule has 0 aliphatic heterocycles. The molecule has 1 amide bonds. The van der Waals surface area contributed by atoms with E-state index in [4.69, 9.17) is 4.42 Å². The van der Waals surface area contributed by atoms with E-state index in [0.717, 1.165) is 12.2 Å². The van der Waals surface area contributed by atoms with Crippen LogP contribution in [-0.2, 0) is 11.3 Å². The van der Waals surface area contributed by atoms with Crippen molar-refractivity contribution in [3.05, 3.63) is 77.5 Å². The number of hydrogen-bond acceptors (Lipinski definition) is 3. The summed E-state index contributed by atoms with van der Waals surface area (Å²) in [6.07, 6.45) is 7.58. The third kappa shape index (κ3) is 3.91. The van der Waals surface area contributed by atoms with Gasteiger partial charge in [-0.25, -0.2) is 9.37 Å². The number of benzene rings is 1. The third-order valence-corrected chi connectivity index (χ3v) is 5.09. The van der Waals surface area contributed by atoms with Crippen LogP contribution >= 0.6 is 0 Å². The molecule has 2 heterocycles. The molecular formula is C22H22FN3O2. The summed E-state index contributed by atoms with van der Waals surface area (Å²) in [6.45, 7) is 4.25. The Morgan fingerprint density at radius 1 is 1.39 bits per heavy atom. The first kappa shape index (κ1) is 18.2. The lowest BCUT2D eigenvalue weighted by atomic mass is 10.2. The average molecular weight is 379 g/mol. The molecule has 5 nitrogen and oxygen atoms in total. The van der Waals surface area contributed by atoms with Crippen molar-refractivity contribution in [2.75, 3.05) is 0 Å². The Kier molecular flexibility index (Phi) is 4.86. The zero-order valence-corrected chi connectivity index (χ0v) is 15.9. The van der Waals surface area contributed by atoms with Crippen molar-refractivity contribution in [2.45, 2.75) is 32.7 Å². The molecule has 0 spiro atoms. The number of carbonyl (C=O) groups is 1. The number of hydrogen-bond donors (Lipinski definition) is 1. The minimum atomic E-state index is -0.360. The van der Waals surface area contributed by atoms with Crippen molar-refractivity contribution >= 4 is 12.0 Å². The van der Waals surface area contributed by atoms with Crippen LogP contribution < -0.4 is 5.32 Å². The van der Waals surface area contributed by atoms with Gasteiger partial charge < -0.3 is 14.3 Å². The van der Waals surface area contributed by atoms with E-state index in [1.54, 1.807) is 35.2 Å². The SMILES string of the molecule is Cc1nccn1-c1ccc(CNC(=O)/C=C/c2ccc(C3CC3C)o2)cc1F. The molecule has 0 bridgehead atoms. The van der Waals surface area contributed by atoms with Crippen LogP contribution in [0.5, 0.6) is 0 Å². The molecule has 6 heteroatoms. The molecule has 1 fully saturated rings. The standard InChI is InChI=1S/C22H22FN3O2/c1-14-11-18(14)21-7-4-17(28-21)5-8-22(27)25-13-16-3-6-20(19(23)12-16)26-10-9-24-15(26)2/h3-10,12,14,18H,11,13H2,1-2H3,(H,25,27)/b8-5+. The summed E-state index contributed by atoms with van der Waals surface area (Å²) in [5, 5.41) is 2.76. The highest BCUT2D eigenvalue weighted by molar-refractivity contribution is 5.91. The molecule has 1 saturated carbocycles. The van der Waals surface area contributed by atoms with E-state index >= 15 is 0 Å². The van der Waals surface area contributed by atoms with E-state index in [2.05, 4.69) is 17.2 Å². The molecule has 2 aromatic heterocycles. The van der Waals surface area contributed by atoms with Crippen LogP contribution in [0.3, 0.4) is 0 Å². The Morgan fingerprint density at radius 3 is 2.89 bits per heavy atom. The Hall–Kier alpha value is -3.15. The molecule has 0 saturated heterocycles. The summed E-state index contributed by atoms with van der Waals surface area (Å²) in [5.41, 5.74) is 1.12. The zero-order chi connectivity index (χ0) is 19.7. The first-order valence-electron chi connectivity index (χ1n) is 9.35. The average Bonchev–Trinajstić information content (AvgIpc) is 3.06. The first-order chi connectivity index (χ1) is 13.5. The molecular weight excluding hydrogens is 357 g/mol. The van der Waals surface area contributed by atoms with Crippen molar-refractivity contribution in [1.82, 2.24) is 14.9 Å². The monoisotopic (exact) mass is 379 g/mol. The highest BCUT2D eigenvalue weighted by Gasteiger charge is 2.36. The number of aromatic nitrogens is 2. The van der Waals surface area contributed by atoms with E-state index < -0.39 is 0 Å². The van der Waals surface area contributed by atoms with Gasteiger partial charge in [0.2, 0.25) is 5.91 Å². The molecule has 1 aliphatic rings. The van der Waals surface area contributed by atoms with Gasteiger partial charge >= 0.3 is 0 Å². The van der Waals surface area contributed by atoms with Crippen LogP contribution in [0, 0.1) is 18.7 Å². The van der Waals surface area contributed by atoms with E-state index in [0.29, 0.717) is 34.7 Å². The highest BCUT2D eigenvalue weighted by Crippen LogP contribution is 2.47. The van der Waals surface area contributed by atoms with Gasteiger partial charge in [0.1, 0.15) is 23.2 Å². The van der Waals surface area contributed by atoms with Gasteiger partial charge in [-0.3, -0.25) is 4.79 Å². The molecule has 0 radical (unpaired) electrons. The lowest BCUT2D eigenvalue weighted by Crippen LogP contribution is -2.20. The second-order valence-electron chi connectivity index (χ2n) is 7.24. The lowest BCUT2D eigenvalue weighted by molar-refractivity contribution is -0.116. The maximum absolute atomic E-state index is 14.4. The van der Waals surface area contributed by atoms with Gasteiger partial charge in [-0.05, 0) is 55.2 Å². The number of nitrogens with one attached hydrogen (secondary N) is 1. The smallest absolute Gasteiger partial charge is 0.244 e. The van der Waals surface area contributed by atoms with Gasteiger partial charge in [-0.1, -0.05) is 13.0 Å². The van der Waals surface area contributed by atoms with Crippen molar-refractivity contribution in [3.8, 4) is 5.69 Å². The van der Waals surface area contributed by atoms with Crippen LogP contribution in [0.15, 0.2) is 53.2 Å². The van der Waals surface area contributed by atoms with Gasteiger partial charge in [0.15, 0.2) is 0 Å². The summed E-state index contributed by atoms with van der Waals surface area (Å²) in [5.74, 6) is 2.93. The number of halogens is 1. The summed E-state index contributed by atoms with van der Waals surface area (Å²) in [6, 6.07) is 8.74.